The van der Waals surface area contributed by atoms with Crippen molar-refractivity contribution in [3.05, 3.63) is 0 Å². The molecule has 0 aromatic heterocycles. The summed E-state index contributed by atoms with van der Waals surface area (Å²) in [6, 6.07) is 0. The van der Waals surface area contributed by atoms with E-state index in [-0.39, 0.29) is 6.10 Å². The molecule has 0 amide bonds. The van der Waals surface area contributed by atoms with E-state index in [1.165, 1.54) is 25.7 Å². The van der Waals surface area contributed by atoms with Crippen LogP contribution in [0.25, 0.3) is 0 Å². The zero-order valence-corrected chi connectivity index (χ0v) is 8.21. The van der Waals surface area contributed by atoms with Gasteiger partial charge in [0, 0.05) is 0 Å². The Morgan fingerprint density at radius 1 is 1.42 bits per heavy atom. The third-order valence-electron chi connectivity index (χ3n) is 4.14. The summed E-state index contributed by atoms with van der Waals surface area (Å²) in [5.41, 5.74) is 0.606. The van der Waals surface area contributed by atoms with Crippen molar-refractivity contribution in [2.45, 2.75) is 52.1 Å². The van der Waals surface area contributed by atoms with E-state index in [0.717, 1.165) is 12.3 Å². The van der Waals surface area contributed by atoms with Crippen molar-refractivity contribution in [1.29, 1.82) is 0 Å². The largest absolute Gasteiger partial charge is 0.393 e. The van der Waals surface area contributed by atoms with Crippen molar-refractivity contribution in [3.63, 3.8) is 0 Å². The highest BCUT2D eigenvalue weighted by Crippen LogP contribution is 2.64. The molecule has 0 heterocycles. The summed E-state index contributed by atoms with van der Waals surface area (Å²) in [6.45, 7) is 4.42. The van der Waals surface area contributed by atoms with E-state index in [4.69, 9.17) is 0 Å². The van der Waals surface area contributed by atoms with Crippen molar-refractivity contribution in [2.24, 2.45) is 17.3 Å². The number of rotatable bonds is 2. The molecule has 0 aliphatic heterocycles. The highest BCUT2D eigenvalue weighted by atomic mass is 16.3. The molecule has 2 aliphatic rings. The first-order valence-electron chi connectivity index (χ1n) is 5.38. The molecule has 12 heavy (non-hydrogen) atoms. The molecule has 2 fully saturated rings. The Hall–Kier alpha value is -0.0400. The lowest BCUT2D eigenvalue weighted by molar-refractivity contribution is 0.0541. The first-order chi connectivity index (χ1) is 5.69. The maximum absolute atomic E-state index is 9.90. The van der Waals surface area contributed by atoms with Crippen LogP contribution in [-0.4, -0.2) is 11.2 Å². The van der Waals surface area contributed by atoms with Crippen LogP contribution in [0.1, 0.15) is 46.0 Å². The molecule has 1 spiro atoms. The monoisotopic (exact) mass is 168 g/mol. The normalized spacial score (nSPS) is 40.2. The van der Waals surface area contributed by atoms with Gasteiger partial charge in [-0.15, -0.1) is 0 Å². The average molecular weight is 168 g/mol. The van der Waals surface area contributed by atoms with Gasteiger partial charge >= 0.3 is 0 Å². The van der Waals surface area contributed by atoms with E-state index < -0.39 is 0 Å². The minimum absolute atomic E-state index is 0.0231. The van der Waals surface area contributed by atoms with Gasteiger partial charge in [0.05, 0.1) is 6.10 Å². The quantitative estimate of drug-likeness (QED) is 0.672. The second-order valence-electron chi connectivity index (χ2n) is 4.88. The first kappa shape index (κ1) is 8.55. The Balaban J connectivity index is 2.09. The summed E-state index contributed by atoms with van der Waals surface area (Å²) in [5.74, 6) is 1.39. The Bertz CT molecular complexity index is 172. The summed E-state index contributed by atoms with van der Waals surface area (Å²) < 4.78 is 0. The van der Waals surface area contributed by atoms with Crippen LogP contribution in [0.4, 0.5) is 0 Å². The molecule has 0 aromatic carbocycles. The first-order valence-corrected chi connectivity index (χ1v) is 5.38. The van der Waals surface area contributed by atoms with E-state index in [1.54, 1.807) is 0 Å². The summed E-state index contributed by atoms with van der Waals surface area (Å²) in [7, 11) is 0. The number of hydrogen-bond acceptors (Lipinski definition) is 1. The third-order valence-corrected chi connectivity index (χ3v) is 4.14. The van der Waals surface area contributed by atoms with E-state index in [2.05, 4.69) is 13.8 Å². The maximum Gasteiger partial charge on any atom is 0.0573 e. The second kappa shape index (κ2) is 2.73. The predicted molar refractivity (Wildman–Crippen MR) is 49.9 cm³/mol. The molecular weight excluding hydrogens is 148 g/mol. The van der Waals surface area contributed by atoms with Crippen molar-refractivity contribution < 1.29 is 5.11 Å². The van der Waals surface area contributed by atoms with E-state index in [1.807, 2.05) is 0 Å². The van der Waals surface area contributed by atoms with Gasteiger partial charge < -0.3 is 5.11 Å². The van der Waals surface area contributed by atoms with Gasteiger partial charge in [-0.3, -0.25) is 0 Å². The Kier molecular flexibility index (Phi) is 1.95. The minimum Gasteiger partial charge on any atom is -0.393 e. The van der Waals surface area contributed by atoms with Crippen molar-refractivity contribution in [3.8, 4) is 0 Å². The molecular formula is C11H20O. The fourth-order valence-corrected chi connectivity index (χ4v) is 3.25. The Morgan fingerprint density at radius 2 is 2.08 bits per heavy atom. The number of hydrogen-bond donors (Lipinski definition) is 1. The summed E-state index contributed by atoms with van der Waals surface area (Å²) in [6.07, 6.45) is 6.43. The second-order valence-corrected chi connectivity index (χ2v) is 4.88. The fraction of sp³-hybridized carbons (Fsp3) is 1.00. The molecule has 2 rings (SSSR count). The minimum atomic E-state index is -0.0231. The standard InChI is InChI=1S/C11H20O/c1-3-9(12)10-8(2)4-5-11(10)6-7-11/h8-10,12H,3-7H2,1-2H3/t8?,9-,10?/m0/s1. The number of aliphatic hydroxyl groups excluding tert-OH is 1. The van der Waals surface area contributed by atoms with Gasteiger partial charge in [-0.2, -0.15) is 0 Å². The van der Waals surface area contributed by atoms with E-state index in [0.29, 0.717) is 11.3 Å². The predicted octanol–water partition coefficient (Wildman–Crippen LogP) is 2.58. The molecule has 1 heteroatoms. The fourth-order valence-electron chi connectivity index (χ4n) is 3.25. The Labute approximate surface area is 75.2 Å². The lowest BCUT2D eigenvalue weighted by Crippen LogP contribution is -2.28. The van der Waals surface area contributed by atoms with Gasteiger partial charge in [0.25, 0.3) is 0 Å². The van der Waals surface area contributed by atoms with Crippen molar-refractivity contribution in [2.75, 3.05) is 0 Å². The van der Waals surface area contributed by atoms with Gasteiger partial charge in [-0.05, 0) is 49.4 Å². The average Bonchev–Trinajstić information content (AvgIpc) is 2.74. The van der Waals surface area contributed by atoms with Gasteiger partial charge in [-0.25, -0.2) is 0 Å². The lowest BCUT2D eigenvalue weighted by atomic mass is 9.82. The summed E-state index contributed by atoms with van der Waals surface area (Å²) in [4.78, 5) is 0. The molecule has 1 nitrogen and oxygen atoms in total. The summed E-state index contributed by atoms with van der Waals surface area (Å²) >= 11 is 0. The van der Waals surface area contributed by atoms with Crippen LogP contribution in [-0.2, 0) is 0 Å². The van der Waals surface area contributed by atoms with Gasteiger partial charge in [0.2, 0.25) is 0 Å². The SMILES string of the molecule is CC[C@H](O)C1C(C)CCC12CC2. The van der Waals surface area contributed by atoms with Crippen LogP contribution >= 0.6 is 0 Å². The van der Waals surface area contributed by atoms with Gasteiger partial charge in [0.15, 0.2) is 0 Å². The van der Waals surface area contributed by atoms with E-state index in [9.17, 15) is 5.11 Å². The molecule has 0 radical (unpaired) electrons. The van der Waals surface area contributed by atoms with Crippen LogP contribution < -0.4 is 0 Å². The van der Waals surface area contributed by atoms with Crippen molar-refractivity contribution in [1.82, 2.24) is 0 Å². The molecule has 0 saturated heterocycles. The van der Waals surface area contributed by atoms with Crippen molar-refractivity contribution >= 4 is 0 Å². The molecule has 0 aromatic rings. The van der Waals surface area contributed by atoms with Crippen LogP contribution in [0.3, 0.4) is 0 Å². The highest BCUT2D eigenvalue weighted by Gasteiger charge is 2.56. The van der Waals surface area contributed by atoms with Crippen LogP contribution in [0.15, 0.2) is 0 Å². The maximum atomic E-state index is 9.90. The smallest absolute Gasteiger partial charge is 0.0573 e. The molecule has 3 atom stereocenters. The molecule has 2 saturated carbocycles. The zero-order chi connectivity index (χ0) is 8.77. The van der Waals surface area contributed by atoms with Gasteiger partial charge in [0.1, 0.15) is 0 Å². The summed E-state index contributed by atoms with van der Waals surface area (Å²) in [5, 5.41) is 9.90. The topological polar surface area (TPSA) is 20.2 Å². The van der Waals surface area contributed by atoms with E-state index >= 15 is 0 Å². The lowest BCUT2D eigenvalue weighted by Gasteiger charge is -2.27. The van der Waals surface area contributed by atoms with Crippen LogP contribution in [0.2, 0.25) is 0 Å². The molecule has 70 valence electrons. The molecule has 2 aliphatic carbocycles. The van der Waals surface area contributed by atoms with Gasteiger partial charge in [-0.1, -0.05) is 13.8 Å². The molecule has 0 bridgehead atoms. The van der Waals surface area contributed by atoms with Crippen LogP contribution in [0, 0.1) is 17.3 Å². The third kappa shape index (κ3) is 1.10. The molecule has 2 unspecified atom stereocenters. The number of aliphatic hydroxyl groups is 1. The zero-order valence-electron chi connectivity index (χ0n) is 8.21. The van der Waals surface area contributed by atoms with Crippen LogP contribution in [0.5, 0.6) is 0 Å². The highest BCUT2D eigenvalue weighted by molar-refractivity contribution is 5.06. The Morgan fingerprint density at radius 3 is 2.58 bits per heavy atom. The molecule has 1 N–H and O–H groups in total.